The second kappa shape index (κ2) is 9.18. The standard InChI is InChI=1S/C23H20N4O4S2/c1-15-7-2-5-12-20(15)27-22(29)18-10-3-4-11-19(18)26-23(27)32-14-21(28)25-16-8-6-9-17(13-16)33(24,30)31/h2-13H,14H2,1H3,(H,25,28)(H2,24,30,31). The Kier molecular flexibility index (Phi) is 6.32. The summed E-state index contributed by atoms with van der Waals surface area (Å²) in [7, 11) is -3.89. The average Bonchev–Trinajstić information content (AvgIpc) is 2.78. The lowest BCUT2D eigenvalue weighted by Gasteiger charge is -2.15. The number of hydrogen-bond acceptors (Lipinski definition) is 6. The molecule has 1 aromatic heterocycles. The van der Waals surface area contributed by atoms with Gasteiger partial charge in [-0.25, -0.2) is 18.5 Å². The highest BCUT2D eigenvalue weighted by Crippen LogP contribution is 2.23. The first kappa shape index (κ1) is 22.7. The van der Waals surface area contributed by atoms with Crippen LogP contribution in [0.5, 0.6) is 0 Å². The first-order chi connectivity index (χ1) is 15.7. The highest BCUT2D eigenvalue weighted by Gasteiger charge is 2.16. The molecule has 0 bridgehead atoms. The topological polar surface area (TPSA) is 124 Å². The van der Waals surface area contributed by atoms with Crippen molar-refractivity contribution in [3.63, 3.8) is 0 Å². The van der Waals surface area contributed by atoms with Crippen molar-refractivity contribution in [2.24, 2.45) is 5.14 Å². The number of nitrogens with zero attached hydrogens (tertiary/aromatic N) is 2. The molecular weight excluding hydrogens is 460 g/mol. The van der Waals surface area contributed by atoms with Gasteiger partial charge in [-0.05, 0) is 48.9 Å². The number of nitrogens with one attached hydrogen (secondary N) is 1. The molecule has 0 unspecified atom stereocenters. The molecule has 0 saturated heterocycles. The SMILES string of the molecule is Cc1ccccc1-n1c(SCC(=O)Nc2cccc(S(N)(=O)=O)c2)nc2ccccc2c1=O. The molecule has 0 radical (unpaired) electrons. The van der Waals surface area contributed by atoms with Crippen LogP contribution in [0, 0.1) is 6.92 Å². The van der Waals surface area contributed by atoms with Gasteiger partial charge in [-0.3, -0.25) is 14.2 Å². The number of carbonyl (C=O) groups excluding carboxylic acids is 1. The number of anilines is 1. The van der Waals surface area contributed by atoms with Crippen molar-refractivity contribution in [3.05, 3.63) is 88.7 Å². The quantitative estimate of drug-likeness (QED) is 0.323. The zero-order valence-corrected chi connectivity index (χ0v) is 19.2. The van der Waals surface area contributed by atoms with Crippen molar-refractivity contribution in [3.8, 4) is 5.69 Å². The lowest BCUT2D eigenvalue weighted by atomic mass is 10.2. The third-order valence-corrected chi connectivity index (χ3v) is 6.73. The Balaban J connectivity index is 1.65. The number of nitrogens with two attached hydrogens (primary N) is 1. The van der Waals surface area contributed by atoms with Gasteiger partial charge in [-0.1, -0.05) is 48.2 Å². The normalized spacial score (nSPS) is 11.5. The smallest absolute Gasteiger partial charge is 0.266 e. The fourth-order valence-electron chi connectivity index (χ4n) is 3.31. The van der Waals surface area contributed by atoms with Crippen molar-refractivity contribution in [2.45, 2.75) is 17.0 Å². The van der Waals surface area contributed by atoms with Crippen molar-refractivity contribution < 1.29 is 13.2 Å². The van der Waals surface area contributed by atoms with Crippen LogP contribution >= 0.6 is 11.8 Å². The Labute approximate surface area is 194 Å². The number of amides is 1. The molecule has 4 rings (SSSR count). The number of benzene rings is 3. The van der Waals surface area contributed by atoms with E-state index in [0.717, 1.165) is 17.3 Å². The first-order valence-corrected chi connectivity index (χ1v) is 12.4. The number of thioether (sulfide) groups is 1. The largest absolute Gasteiger partial charge is 0.325 e. The van der Waals surface area contributed by atoms with Crippen LogP contribution in [-0.2, 0) is 14.8 Å². The van der Waals surface area contributed by atoms with E-state index in [1.54, 1.807) is 30.3 Å². The van der Waals surface area contributed by atoms with E-state index in [1.807, 2.05) is 31.2 Å². The summed E-state index contributed by atoms with van der Waals surface area (Å²) in [5.74, 6) is -0.429. The maximum atomic E-state index is 13.3. The Morgan fingerprint density at radius 3 is 2.55 bits per heavy atom. The van der Waals surface area contributed by atoms with Crippen LogP contribution in [0.15, 0.2) is 87.6 Å². The summed E-state index contributed by atoms with van der Waals surface area (Å²) in [6.45, 7) is 1.90. The summed E-state index contributed by atoms with van der Waals surface area (Å²) in [6.07, 6.45) is 0. The number of aryl methyl sites for hydroxylation is 1. The van der Waals surface area contributed by atoms with Gasteiger partial charge in [0, 0.05) is 5.69 Å². The minimum absolute atomic E-state index is 0.0454. The highest BCUT2D eigenvalue weighted by molar-refractivity contribution is 7.99. The van der Waals surface area contributed by atoms with Crippen LogP contribution < -0.4 is 16.0 Å². The molecule has 0 aliphatic carbocycles. The van der Waals surface area contributed by atoms with Crippen LogP contribution in [0.25, 0.3) is 16.6 Å². The zero-order chi connectivity index (χ0) is 23.6. The van der Waals surface area contributed by atoms with Gasteiger partial charge >= 0.3 is 0 Å². The van der Waals surface area contributed by atoms with Gasteiger partial charge in [0.15, 0.2) is 5.16 Å². The molecule has 0 fully saturated rings. The molecule has 8 nitrogen and oxygen atoms in total. The molecule has 33 heavy (non-hydrogen) atoms. The number of hydrogen-bond donors (Lipinski definition) is 2. The van der Waals surface area contributed by atoms with E-state index in [9.17, 15) is 18.0 Å². The molecule has 10 heteroatoms. The number of aromatic nitrogens is 2. The van der Waals surface area contributed by atoms with E-state index >= 15 is 0 Å². The van der Waals surface area contributed by atoms with Crippen LogP contribution in [0.3, 0.4) is 0 Å². The molecule has 168 valence electrons. The van der Waals surface area contributed by atoms with Gasteiger partial charge in [-0.2, -0.15) is 0 Å². The van der Waals surface area contributed by atoms with Crippen LogP contribution in [0.2, 0.25) is 0 Å². The molecular formula is C23H20N4O4S2. The van der Waals surface area contributed by atoms with Crippen molar-refractivity contribution in [1.82, 2.24) is 9.55 Å². The van der Waals surface area contributed by atoms with E-state index in [1.165, 1.54) is 22.8 Å². The summed E-state index contributed by atoms with van der Waals surface area (Å²) in [5.41, 5.74) is 2.19. The maximum Gasteiger partial charge on any atom is 0.266 e. The van der Waals surface area contributed by atoms with Crippen LogP contribution in [0.4, 0.5) is 5.69 Å². The fraction of sp³-hybridized carbons (Fsp3) is 0.0870. The molecule has 3 aromatic carbocycles. The fourth-order valence-corrected chi connectivity index (χ4v) is 4.68. The number of rotatable bonds is 6. The number of primary sulfonamides is 1. The number of sulfonamides is 1. The summed E-state index contributed by atoms with van der Waals surface area (Å²) < 4.78 is 24.6. The van der Waals surface area contributed by atoms with E-state index in [2.05, 4.69) is 10.3 Å². The molecule has 3 N–H and O–H groups in total. The molecule has 0 atom stereocenters. The molecule has 4 aromatic rings. The minimum Gasteiger partial charge on any atom is -0.325 e. The van der Waals surface area contributed by atoms with Crippen molar-refractivity contribution in [2.75, 3.05) is 11.1 Å². The average molecular weight is 481 g/mol. The maximum absolute atomic E-state index is 13.3. The van der Waals surface area contributed by atoms with Crippen LogP contribution in [-0.4, -0.2) is 29.6 Å². The lowest BCUT2D eigenvalue weighted by molar-refractivity contribution is -0.113. The Morgan fingerprint density at radius 1 is 1.06 bits per heavy atom. The first-order valence-electron chi connectivity index (χ1n) is 9.87. The molecule has 0 saturated carbocycles. The van der Waals surface area contributed by atoms with Gasteiger partial charge in [0.25, 0.3) is 5.56 Å². The van der Waals surface area contributed by atoms with Gasteiger partial charge in [0.05, 0.1) is 27.2 Å². The molecule has 1 heterocycles. The minimum atomic E-state index is -3.89. The molecule has 0 aliphatic heterocycles. The monoisotopic (exact) mass is 480 g/mol. The second-order valence-corrected chi connectivity index (χ2v) is 9.75. The Hall–Kier alpha value is -3.47. The predicted octanol–water partition coefficient (Wildman–Crippen LogP) is 3.07. The Morgan fingerprint density at radius 2 is 1.79 bits per heavy atom. The van der Waals surface area contributed by atoms with Gasteiger partial charge in [-0.15, -0.1) is 0 Å². The van der Waals surface area contributed by atoms with Crippen molar-refractivity contribution >= 4 is 44.3 Å². The van der Waals surface area contributed by atoms with Crippen LogP contribution in [0.1, 0.15) is 5.56 Å². The van der Waals surface area contributed by atoms with Crippen molar-refractivity contribution in [1.29, 1.82) is 0 Å². The predicted molar refractivity (Wildman–Crippen MR) is 129 cm³/mol. The zero-order valence-electron chi connectivity index (χ0n) is 17.6. The summed E-state index contributed by atoms with van der Waals surface area (Å²) in [4.78, 5) is 30.4. The molecule has 0 spiro atoms. The molecule has 0 aliphatic rings. The lowest BCUT2D eigenvalue weighted by Crippen LogP contribution is -2.23. The second-order valence-electron chi connectivity index (χ2n) is 7.25. The number of fused-ring (bicyclic) bond motifs is 1. The van der Waals surface area contributed by atoms with E-state index in [4.69, 9.17) is 5.14 Å². The van der Waals surface area contributed by atoms with Gasteiger partial charge in [0.2, 0.25) is 15.9 Å². The summed E-state index contributed by atoms with van der Waals surface area (Å²) >= 11 is 1.11. The Bertz CT molecular complexity index is 1530. The highest BCUT2D eigenvalue weighted by atomic mass is 32.2. The van der Waals surface area contributed by atoms with Gasteiger partial charge < -0.3 is 5.32 Å². The third kappa shape index (κ3) is 4.98. The van der Waals surface area contributed by atoms with E-state index < -0.39 is 10.0 Å². The third-order valence-electron chi connectivity index (χ3n) is 4.88. The van der Waals surface area contributed by atoms with E-state index in [0.29, 0.717) is 27.4 Å². The molecule has 1 amide bonds. The number of carbonyl (C=O) groups is 1. The summed E-state index contributed by atoms with van der Waals surface area (Å²) in [6, 6.07) is 20.2. The summed E-state index contributed by atoms with van der Waals surface area (Å²) in [5, 5.41) is 8.66. The van der Waals surface area contributed by atoms with E-state index in [-0.39, 0.29) is 22.1 Å². The van der Waals surface area contributed by atoms with Gasteiger partial charge in [0.1, 0.15) is 0 Å². The number of para-hydroxylation sites is 2.